The molecule has 1 aromatic heterocycles. The summed E-state index contributed by atoms with van der Waals surface area (Å²) in [6.45, 7) is -0.137. The summed E-state index contributed by atoms with van der Waals surface area (Å²) in [6.07, 6.45) is -1.75. The highest BCUT2D eigenvalue weighted by molar-refractivity contribution is 7.07. The van der Waals surface area contributed by atoms with E-state index in [4.69, 9.17) is 5.11 Å². The normalized spacial score (nSPS) is 15.9. The Kier molecular flexibility index (Phi) is 3.61. The Morgan fingerprint density at radius 3 is 2.75 bits per heavy atom. The van der Waals surface area contributed by atoms with Crippen LogP contribution in [0.4, 0.5) is 0 Å². The summed E-state index contributed by atoms with van der Waals surface area (Å²) in [5.41, 5.74) is 2.05. The highest BCUT2D eigenvalue weighted by Gasteiger charge is 2.18. The van der Waals surface area contributed by atoms with E-state index in [1.165, 1.54) is 11.3 Å². The van der Waals surface area contributed by atoms with Crippen LogP contribution in [0.1, 0.15) is 18.2 Å². The lowest BCUT2D eigenvalue weighted by atomic mass is 10.1. The van der Waals surface area contributed by atoms with Gasteiger partial charge in [-0.1, -0.05) is 0 Å². The number of aromatic nitrogens is 1. The van der Waals surface area contributed by atoms with Crippen molar-refractivity contribution in [3.8, 4) is 0 Å². The molecule has 12 heavy (non-hydrogen) atoms. The van der Waals surface area contributed by atoms with Gasteiger partial charge in [-0.3, -0.25) is 0 Å². The number of rotatable bonds is 4. The maximum absolute atomic E-state index is 9.39. The SMILES string of the molecule is OCCC(O)C(O)c1cscn1. The third-order valence-electron chi connectivity index (χ3n) is 1.54. The lowest BCUT2D eigenvalue weighted by Gasteiger charge is -2.14. The number of aliphatic hydroxyl groups excluding tert-OH is 3. The van der Waals surface area contributed by atoms with E-state index in [0.717, 1.165) is 0 Å². The largest absolute Gasteiger partial charge is 0.396 e. The van der Waals surface area contributed by atoms with Crippen LogP contribution in [0.5, 0.6) is 0 Å². The van der Waals surface area contributed by atoms with Crippen molar-refractivity contribution in [1.29, 1.82) is 0 Å². The molecule has 0 radical (unpaired) electrons. The number of aliphatic hydroxyl groups is 3. The van der Waals surface area contributed by atoms with Gasteiger partial charge < -0.3 is 15.3 Å². The van der Waals surface area contributed by atoms with Crippen molar-refractivity contribution in [2.24, 2.45) is 0 Å². The van der Waals surface area contributed by atoms with E-state index in [2.05, 4.69) is 4.98 Å². The number of nitrogens with zero attached hydrogens (tertiary/aromatic N) is 1. The van der Waals surface area contributed by atoms with Gasteiger partial charge in [-0.05, 0) is 6.42 Å². The average molecular weight is 189 g/mol. The van der Waals surface area contributed by atoms with Crippen LogP contribution in [-0.2, 0) is 0 Å². The molecule has 0 saturated heterocycles. The molecule has 0 aliphatic rings. The van der Waals surface area contributed by atoms with Crippen molar-refractivity contribution in [2.45, 2.75) is 18.6 Å². The molecule has 4 nitrogen and oxygen atoms in total. The number of hydrogen-bond acceptors (Lipinski definition) is 5. The molecule has 2 atom stereocenters. The van der Waals surface area contributed by atoms with Crippen molar-refractivity contribution < 1.29 is 15.3 Å². The summed E-state index contributed by atoms with van der Waals surface area (Å²) in [4.78, 5) is 3.85. The second-order valence-corrected chi connectivity index (χ2v) is 3.16. The van der Waals surface area contributed by atoms with Crippen LogP contribution in [0.3, 0.4) is 0 Å². The molecule has 0 aliphatic carbocycles. The molecule has 0 spiro atoms. The summed E-state index contributed by atoms with van der Waals surface area (Å²) in [5, 5.41) is 28.8. The molecule has 5 heteroatoms. The Morgan fingerprint density at radius 1 is 1.50 bits per heavy atom. The van der Waals surface area contributed by atoms with Gasteiger partial charge >= 0.3 is 0 Å². The quantitative estimate of drug-likeness (QED) is 0.619. The molecule has 0 aromatic carbocycles. The zero-order chi connectivity index (χ0) is 8.97. The minimum absolute atomic E-state index is 0.137. The first-order valence-electron chi connectivity index (χ1n) is 3.60. The van der Waals surface area contributed by atoms with E-state index >= 15 is 0 Å². The van der Waals surface area contributed by atoms with Crippen molar-refractivity contribution >= 4 is 11.3 Å². The van der Waals surface area contributed by atoms with E-state index in [1.54, 1.807) is 10.9 Å². The van der Waals surface area contributed by atoms with Gasteiger partial charge in [0.25, 0.3) is 0 Å². The predicted octanol–water partition coefficient (Wildman–Crippen LogP) is -0.0802. The third kappa shape index (κ3) is 2.25. The number of thiazole rings is 1. The molecule has 0 fully saturated rings. The fraction of sp³-hybridized carbons (Fsp3) is 0.571. The second-order valence-electron chi connectivity index (χ2n) is 2.44. The summed E-state index contributed by atoms with van der Waals surface area (Å²) in [7, 11) is 0. The third-order valence-corrected chi connectivity index (χ3v) is 2.15. The maximum Gasteiger partial charge on any atom is 0.123 e. The van der Waals surface area contributed by atoms with Gasteiger partial charge in [-0.15, -0.1) is 11.3 Å². The summed E-state index contributed by atoms with van der Waals surface area (Å²) in [6, 6.07) is 0. The fourth-order valence-corrected chi connectivity index (χ4v) is 1.44. The molecule has 0 bridgehead atoms. The van der Waals surface area contributed by atoms with Gasteiger partial charge in [0.2, 0.25) is 0 Å². The van der Waals surface area contributed by atoms with Gasteiger partial charge in [0.1, 0.15) is 6.10 Å². The van der Waals surface area contributed by atoms with Crippen LogP contribution in [0, 0.1) is 0 Å². The average Bonchev–Trinajstić information content (AvgIpc) is 2.55. The van der Waals surface area contributed by atoms with Crippen LogP contribution in [0.2, 0.25) is 0 Å². The molecular weight excluding hydrogens is 178 g/mol. The van der Waals surface area contributed by atoms with Crippen LogP contribution in [0.25, 0.3) is 0 Å². The van der Waals surface area contributed by atoms with Crippen molar-refractivity contribution in [3.63, 3.8) is 0 Å². The second kappa shape index (κ2) is 4.51. The van der Waals surface area contributed by atoms with E-state index in [-0.39, 0.29) is 13.0 Å². The monoisotopic (exact) mass is 189 g/mol. The molecule has 1 aromatic rings. The standard InChI is InChI=1S/C7H11NO3S/c9-2-1-6(10)7(11)5-3-12-4-8-5/h3-4,6-7,9-11H,1-2H2. The van der Waals surface area contributed by atoms with Gasteiger partial charge in [-0.2, -0.15) is 0 Å². The van der Waals surface area contributed by atoms with Gasteiger partial charge in [0.05, 0.1) is 17.3 Å². The van der Waals surface area contributed by atoms with E-state index in [1.807, 2.05) is 0 Å². The maximum atomic E-state index is 9.39. The van der Waals surface area contributed by atoms with Gasteiger partial charge in [-0.25, -0.2) is 4.98 Å². The van der Waals surface area contributed by atoms with Gasteiger partial charge in [0.15, 0.2) is 0 Å². The minimum atomic E-state index is -0.983. The number of hydrogen-bond donors (Lipinski definition) is 3. The minimum Gasteiger partial charge on any atom is -0.396 e. The molecule has 1 rings (SSSR count). The highest BCUT2D eigenvalue weighted by atomic mass is 32.1. The van der Waals surface area contributed by atoms with Crippen LogP contribution < -0.4 is 0 Å². The molecule has 1 heterocycles. The lowest BCUT2D eigenvalue weighted by molar-refractivity contribution is 0.00224. The molecule has 2 unspecified atom stereocenters. The van der Waals surface area contributed by atoms with E-state index < -0.39 is 12.2 Å². The van der Waals surface area contributed by atoms with E-state index in [0.29, 0.717) is 5.69 Å². The highest BCUT2D eigenvalue weighted by Crippen LogP contribution is 2.17. The smallest absolute Gasteiger partial charge is 0.123 e. The van der Waals surface area contributed by atoms with Crippen LogP contribution >= 0.6 is 11.3 Å². The summed E-state index contributed by atoms with van der Waals surface area (Å²) in [5.74, 6) is 0. The Balaban J connectivity index is 2.53. The lowest BCUT2D eigenvalue weighted by Crippen LogP contribution is -2.19. The van der Waals surface area contributed by atoms with Crippen molar-refractivity contribution in [3.05, 3.63) is 16.6 Å². The summed E-state index contributed by atoms with van der Waals surface area (Å²) >= 11 is 1.36. The summed E-state index contributed by atoms with van der Waals surface area (Å²) < 4.78 is 0. The van der Waals surface area contributed by atoms with E-state index in [9.17, 15) is 10.2 Å². The first-order valence-corrected chi connectivity index (χ1v) is 4.55. The van der Waals surface area contributed by atoms with Gasteiger partial charge in [0, 0.05) is 12.0 Å². The molecule has 0 aliphatic heterocycles. The zero-order valence-electron chi connectivity index (χ0n) is 6.42. The molecule has 0 amide bonds. The Hall–Kier alpha value is -0.490. The van der Waals surface area contributed by atoms with Crippen LogP contribution in [-0.4, -0.2) is 33.0 Å². The Morgan fingerprint density at radius 2 is 2.25 bits per heavy atom. The van der Waals surface area contributed by atoms with Crippen LogP contribution in [0.15, 0.2) is 10.9 Å². The molecule has 68 valence electrons. The predicted molar refractivity (Wildman–Crippen MR) is 44.8 cm³/mol. The fourth-order valence-electron chi connectivity index (χ4n) is 0.855. The van der Waals surface area contributed by atoms with Crippen molar-refractivity contribution in [1.82, 2.24) is 4.98 Å². The first-order chi connectivity index (χ1) is 5.75. The molecular formula is C7H11NO3S. The zero-order valence-corrected chi connectivity index (χ0v) is 7.24. The van der Waals surface area contributed by atoms with Crippen molar-refractivity contribution in [2.75, 3.05) is 6.61 Å². The topological polar surface area (TPSA) is 73.6 Å². The molecule has 3 N–H and O–H groups in total. The first kappa shape index (κ1) is 9.60. The molecule has 0 saturated carbocycles. The Labute approximate surface area is 74.1 Å². The Bertz CT molecular complexity index is 214.